The van der Waals surface area contributed by atoms with Crippen LogP contribution in [-0.2, 0) is 4.79 Å². The number of fused-ring (bicyclic) bond motifs is 1. The predicted octanol–water partition coefficient (Wildman–Crippen LogP) is 3.41. The number of hydrogen-bond acceptors (Lipinski definition) is 3. The first kappa shape index (κ1) is 13.5. The third kappa shape index (κ3) is 2.19. The van der Waals surface area contributed by atoms with Crippen LogP contribution in [0, 0.1) is 0 Å². The van der Waals surface area contributed by atoms with Crippen LogP contribution in [0.25, 0.3) is 10.8 Å². The molecule has 1 aliphatic heterocycles. The molecule has 1 heterocycles. The van der Waals surface area contributed by atoms with E-state index in [4.69, 9.17) is 0 Å². The minimum atomic E-state index is -0.787. The van der Waals surface area contributed by atoms with Crippen LogP contribution in [0.15, 0.2) is 42.5 Å². The fourth-order valence-electron chi connectivity index (χ4n) is 2.76. The Balaban J connectivity index is 2.03. The van der Waals surface area contributed by atoms with Crippen molar-refractivity contribution < 1.29 is 9.90 Å². The van der Waals surface area contributed by atoms with E-state index in [1.807, 2.05) is 32.0 Å². The average molecular weight is 287 g/mol. The topological polar surface area (TPSA) is 49.3 Å². The van der Waals surface area contributed by atoms with Crippen LogP contribution in [0.3, 0.4) is 0 Å². The maximum atomic E-state index is 11.4. The fraction of sp³-hybridized carbons (Fsp3) is 0.312. The van der Waals surface area contributed by atoms with Gasteiger partial charge in [0.15, 0.2) is 0 Å². The average Bonchev–Trinajstić information content (AvgIpc) is 2.74. The second-order valence-electron chi connectivity index (χ2n) is 5.61. The molecule has 2 aromatic rings. The molecule has 0 spiro atoms. The van der Waals surface area contributed by atoms with Crippen LogP contribution < -0.4 is 5.32 Å². The van der Waals surface area contributed by atoms with Gasteiger partial charge in [0.25, 0.3) is 0 Å². The summed E-state index contributed by atoms with van der Waals surface area (Å²) in [6.07, 6.45) is 0. The Hall–Kier alpha value is -1.52. The van der Waals surface area contributed by atoms with Gasteiger partial charge in [-0.15, -0.1) is 11.8 Å². The summed E-state index contributed by atoms with van der Waals surface area (Å²) in [5.74, 6) is -0.787. The number of rotatable bonds is 2. The monoisotopic (exact) mass is 287 g/mol. The van der Waals surface area contributed by atoms with Crippen molar-refractivity contribution in [3.8, 4) is 0 Å². The van der Waals surface area contributed by atoms with E-state index in [0.717, 1.165) is 5.56 Å². The number of carbonyl (C=O) groups is 1. The van der Waals surface area contributed by atoms with Crippen molar-refractivity contribution in [2.24, 2.45) is 0 Å². The maximum absolute atomic E-state index is 11.4. The zero-order valence-electron chi connectivity index (χ0n) is 11.5. The molecule has 1 fully saturated rings. The summed E-state index contributed by atoms with van der Waals surface area (Å²) >= 11 is 1.68. The fourth-order valence-corrected chi connectivity index (χ4v) is 4.21. The van der Waals surface area contributed by atoms with Crippen LogP contribution in [0.4, 0.5) is 0 Å². The molecule has 2 atom stereocenters. The minimum absolute atomic E-state index is 0.0113. The van der Waals surface area contributed by atoms with Gasteiger partial charge in [-0.3, -0.25) is 10.1 Å². The van der Waals surface area contributed by atoms with Gasteiger partial charge in [0.1, 0.15) is 6.04 Å². The quantitative estimate of drug-likeness (QED) is 0.888. The van der Waals surface area contributed by atoms with E-state index in [-0.39, 0.29) is 10.1 Å². The van der Waals surface area contributed by atoms with E-state index >= 15 is 0 Å². The highest BCUT2D eigenvalue weighted by molar-refractivity contribution is 8.01. The zero-order valence-corrected chi connectivity index (χ0v) is 12.3. The van der Waals surface area contributed by atoms with E-state index in [1.165, 1.54) is 10.8 Å². The molecular formula is C16H17NO2S. The zero-order chi connectivity index (χ0) is 14.3. The predicted molar refractivity (Wildman–Crippen MR) is 82.9 cm³/mol. The highest BCUT2D eigenvalue weighted by atomic mass is 32.2. The number of aliphatic carboxylic acids is 1. The summed E-state index contributed by atoms with van der Waals surface area (Å²) < 4.78 is -0.326. The molecule has 104 valence electrons. The van der Waals surface area contributed by atoms with Crippen LogP contribution in [-0.4, -0.2) is 21.9 Å². The highest BCUT2D eigenvalue weighted by Gasteiger charge is 2.45. The molecule has 0 unspecified atom stereocenters. The van der Waals surface area contributed by atoms with E-state index in [2.05, 4.69) is 29.6 Å². The van der Waals surface area contributed by atoms with Crippen molar-refractivity contribution in [2.75, 3.05) is 0 Å². The lowest BCUT2D eigenvalue weighted by Gasteiger charge is -2.20. The summed E-state index contributed by atoms with van der Waals surface area (Å²) in [7, 11) is 0. The molecule has 1 saturated heterocycles. The molecule has 1 aliphatic rings. The number of benzene rings is 2. The molecule has 4 heteroatoms. The summed E-state index contributed by atoms with van der Waals surface area (Å²) in [5, 5.41) is 15.0. The first-order valence-electron chi connectivity index (χ1n) is 6.63. The van der Waals surface area contributed by atoms with Gasteiger partial charge in [-0.05, 0) is 30.2 Å². The summed E-state index contributed by atoms with van der Waals surface area (Å²) in [5.41, 5.74) is 1.16. The van der Waals surface area contributed by atoms with E-state index in [1.54, 1.807) is 11.8 Å². The van der Waals surface area contributed by atoms with Crippen LogP contribution in [0.1, 0.15) is 24.8 Å². The van der Waals surface area contributed by atoms with Crippen molar-refractivity contribution in [1.29, 1.82) is 0 Å². The Bertz CT molecular complexity index is 663. The highest BCUT2D eigenvalue weighted by Crippen LogP contribution is 2.47. The van der Waals surface area contributed by atoms with Crippen molar-refractivity contribution in [2.45, 2.75) is 30.0 Å². The maximum Gasteiger partial charge on any atom is 0.322 e. The number of nitrogens with one attached hydrogen (secondary N) is 1. The van der Waals surface area contributed by atoms with Gasteiger partial charge in [0.05, 0.1) is 5.37 Å². The molecule has 3 rings (SSSR count). The number of carboxylic acids is 1. The second kappa shape index (κ2) is 4.79. The molecule has 2 N–H and O–H groups in total. The number of carboxylic acid groups (broad SMARTS) is 1. The lowest BCUT2D eigenvalue weighted by Crippen LogP contribution is -2.43. The summed E-state index contributed by atoms with van der Waals surface area (Å²) in [6, 6.07) is 13.9. The standard InChI is InChI=1S/C16H17NO2S/c1-16(2)13(15(18)19)17-14(20-16)12-9-5-7-10-6-3-4-8-11(10)12/h3-9,13-14,17H,1-2H3,(H,18,19)/t13-,14-/m1/s1. The van der Waals surface area contributed by atoms with Crippen LogP contribution in [0.5, 0.6) is 0 Å². The Morgan fingerprint density at radius 2 is 1.90 bits per heavy atom. The second-order valence-corrected chi connectivity index (χ2v) is 7.37. The van der Waals surface area contributed by atoms with Gasteiger partial charge < -0.3 is 5.11 Å². The Kier molecular flexibility index (Phi) is 3.22. The molecule has 0 aromatic heterocycles. The van der Waals surface area contributed by atoms with Crippen molar-refractivity contribution in [3.05, 3.63) is 48.0 Å². The van der Waals surface area contributed by atoms with Gasteiger partial charge in [-0.1, -0.05) is 42.5 Å². The molecule has 2 aromatic carbocycles. The normalized spacial score (nSPS) is 24.9. The first-order valence-corrected chi connectivity index (χ1v) is 7.51. The van der Waals surface area contributed by atoms with Crippen molar-refractivity contribution in [1.82, 2.24) is 5.32 Å². The first-order chi connectivity index (χ1) is 9.49. The molecule has 0 amide bonds. The van der Waals surface area contributed by atoms with E-state index in [0.29, 0.717) is 0 Å². The molecule has 0 saturated carbocycles. The lowest BCUT2D eigenvalue weighted by molar-refractivity contribution is -0.139. The van der Waals surface area contributed by atoms with Gasteiger partial charge in [0, 0.05) is 4.75 Å². The molecule has 3 nitrogen and oxygen atoms in total. The van der Waals surface area contributed by atoms with Gasteiger partial charge in [-0.25, -0.2) is 0 Å². The third-order valence-electron chi connectivity index (χ3n) is 3.79. The van der Waals surface area contributed by atoms with E-state index in [9.17, 15) is 9.90 Å². The molecule has 0 radical (unpaired) electrons. The smallest absolute Gasteiger partial charge is 0.322 e. The van der Waals surface area contributed by atoms with Gasteiger partial charge in [0.2, 0.25) is 0 Å². The largest absolute Gasteiger partial charge is 0.480 e. The van der Waals surface area contributed by atoms with Gasteiger partial charge >= 0.3 is 5.97 Å². The lowest BCUT2D eigenvalue weighted by atomic mass is 10.0. The van der Waals surface area contributed by atoms with E-state index < -0.39 is 12.0 Å². The summed E-state index contributed by atoms with van der Waals surface area (Å²) in [4.78, 5) is 11.4. The van der Waals surface area contributed by atoms with Crippen molar-refractivity contribution >= 4 is 28.5 Å². The Labute approximate surface area is 122 Å². The van der Waals surface area contributed by atoms with Crippen molar-refractivity contribution in [3.63, 3.8) is 0 Å². The Morgan fingerprint density at radius 3 is 2.60 bits per heavy atom. The molecule has 20 heavy (non-hydrogen) atoms. The molecule has 0 aliphatic carbocycles. The third-order valence-corrected chi connectivity index (χ3v) is 5.26. The molecular weight excluding hydrogens is 270 g/mol. The number of thioether (sulfide) groups is 1. The molecule has 0 bridgehead atoms. The van der Waals surface area contributed by atoms with Gasteiger partial charge in [-0.2, -0.15) is 0 Å². The SMILES string of the molecule is CC1(C)S[C@H](c2cccc3ccccc23)N[C@@H]1C(=O)O. The van der Waals surface area contributed by atoms with Crippen LogP contribution in [0.2, 0.25) is 0 Å². The minimum Gasteiger partial charge on any atom is -0.480 e. The Morgan fingerprint density at radius 1 is 1.20 bits per heavy atom. The summed E-state index contributed by atoms with van der Waals surface area (Å²) in [6.45, 7) is 3.96. The number of hydrogen-bond donors (Lipinski definition) is 2. The van der Waals surface area contributed by atoms with Crippen LogP contribution >= 0.6 is 11.8 Å².